The first-order valence-electron chi connectivity index (χ1n) is 7.74. The summed E-state index contributed by atoms with van der Waals surface area (Å²) in [7, 11) is 1.29. The molecule has 0 bridgehead atoms. The molecular formula is C19H20FNO3. The molecule has 0 aliphatic carbocycles. The second-order valence-corrected chi connectivity index (χ2v) is 5.47. The summed E-state index contributed by atoms with van der Waals surface area (Å²) in [5.74, 6) is -1.23. The number of benzene rings is 2. The van der Waals surface area contributed by atoms with E-state index in [1.807, 2.05) is 30.3 Å². The fourth-order valence-electron chi connectivity index (χ4n) is 2.42. The number of methoxy groups -OCH3 is 1. The Morgan fingerprint density at radius 3 is 2.46 bits per heavy atom. The lowest BCUT2D eigenvalue weighted by Crippen LogP contribution is -2.42. The number of carbonyl (C=O) groups excluding carboxylic acids is 2. The molecule has 0 aromatic heterocycles. The van der Waals surface area contributed by atoms with Gasteiger partial charge >= 0.3 is 5.97 Å². The quantitative estimate of drug-likeness (QED) is 0.795. The van der Waals surface area contributed by atoms with Gasteiger partial charge in [0.05, 0.1) is 13.5 Å². The number of ether oxygens (including phenoxy) is 1. The molecule has 0 aliphatic rings. The minimum atomic E-state index is -0.726. The molecule has 0 fully saturated rings. The zero-order valence-corrected chi connectivity index (χ0v) is 13.5. The molecule has 2 rings (SSSR count). The Labute approximate surface area is 140 Å². The van der Waals surface area contributed by atoms with Crippen molar-refractivity contribution in [3.63, 3.8) is 0 Å². The van der Waals surface area contributed by atoms with Crippen LogP contribution in [-0.4, -0.2) is 25.0 Å². The summed E-state index contributed by atoms with van der Waals surface area (Å²) in [5, 5.41) is 2.67. The molecule has 4 nitrogen and oxygen atoms in total. The summed E-state index contributed by atoms with van der Waals surface area (Å²) in [6.07, 6.45) is 1.09. The first-order valence-corrected chi connectivity index (χ1v) is 7.74. The number of hydrogen-bond donors (Lipinski definition) is 1. The van der Waals surface area contributed by atoms with Crippen LogP contribution in [0.5, 0.6) is 0 Å². The van der Waals surface area contributed by atoms with Crippen molar-refractivity contribution in [3.05, 3.63) is 71.5 Å². The van der Waals surface area contributed by atoms with Crippen LogP contribution in [-0.2, 0) is 27.2 Å². The van der Waals surface area contributed by atoms with Gasteiger partial charge in [-0.15, -0.1) is 0 Å². The number of aryl methyl sites for hydroxylation is 1. The van der Waals surface area contributed by atoms with E-state index in [2.05, 4.69) is 5.32 Å². The summed E-state index contributed by atoms with van der Waals surface area (Å²) in [6.45, 7) is 0. The first kappa shape index (κ1) is 17.7. The van der Waals surface area contributed by atoms with Crippen molar-refractivity contribution < 1.29 is 18.7 Å². The summed E-state index contributed by atoms with van der Waals surface area (Å²) in [4.78, 5) is 24.0. The lowest BCUT2D eigenvalue weighted by Gasteiger charge is -2.16. The Morgan fingerprint density at radius 1 is 1.08 bits per heavy atom. The minimum Gasteiger partial charge on any atom is -0.467 e. The normalized spacial score (nSPS) is 11.6. The van der Waals surface area contributed by atoms with Gasteiger partial charge in [-0.25, -0.2) is 9.18 Å². The Balaban J connectivity index is 1.95. The van der Waals surface area contributed by atoms with Gasteiger partial charge in [-0.1, -0.05) is 42.5 Å². The molecule has 24 heavy (non-hydrogen) atoms. The monoisotopic (exact) mass is 329 g/mol. The topological polar surface area (TPSA) is 55.4 Å². The van der Waals surface area contributed by atoms with Crippen molar-refractivity contribution >= 4 is 11.9 Å². The van der Waals surface area contributed by atoms with Crippen molar-refractivity contribution in [2.24, 2.45) is 0 Å². The van der Waals surface area contributed by atoms with Crippen LogP contribution in [0.4, 0.5) is 4.39 Å². The summed E-state index contributed by atoms with van der Waals surface area (Å²) < 4.78 is 17.9. The van der Waals surface area contributed by atoms with Gasteiger partial charge in [-0.05, 0) is 36.1 Å². The molecule has 2 aromatic carbocycles. The minimum absolute atomic E-state index is 0.0105. The average Bonchev–Trinajstić information content (AvgIpc) is 2.58. The Hall–Kier alpha value is -2.69. The van der Waals surface area contributed by atoms with E-state index < -0.39 is 17.8 Å². The molecule has 1 N–H and O–H groups in total. The Morgan fingerprint density at radius 2 is 1.79 bits per heavy atom. The van der Waals surface area contributed by atoms with E-state index >= 15 is 0 Å². The number of hydrogen-bond acceptors (Lipinski definition) is 3. The van der Waals surface area contributed by atoms with Gasteiger partial charge < -0.3 is 10.1 Å². The second-order valence-electron chi connectivity index (χ2n) is 5.47. The lowest BCUT2D eigenvalue weighted by molar-refractivity contribution is -0.145. The Bertz CT molecular complexity index is 688. The molecule has 0 spiro atoms. The molecule has 0 aliphatic heterocycles. The third kappa shape index (κ3) is 5.50. The van der Waals surface area contributed by atoms with E-state index in [-0.39, 0.29) is 12.3 Å². The van der Waals surface area contributed by atoms with Crippen LogP contribution in [0.2, 0.25) is 0 Å². The number of esters is 1. The molecule has 0 saturated heterocycles. The Kier molecular flexibility index (Phi) is 6.49. The fraction of sp³-hybridized carbons (Fsp3) is 0.263. The fourth-order valence-corrected chi connectivity index (χ4v) is 2.42. The predicted molar refractivity (Wildman–Crippen MR) is 88.8 cm³/mol. The van der Waals surface area contributed by atoms with E-state index in [1.54, 1.807) is 12.1 Å². The van der Waals surface area contributed by atoms with Gasteiger partial charge in [0.25, 0.3) is 0 Å². The second kappa shape index (κ2) is 8.82. The van der Waals surface area contributed by atoms with Crippen molar-refractivity contribution in [1.82, 2.24) is 5.32 Å². The van der Waals surface area contributed by atoms with Crippen LogP contribution in [0.15, 0.2) is 54.6 Å². The molecule has 1 atom stereocenters. The maximum Gasteiger partial charge on any atom is 0.328 e. The van der Waals surface area contributed by atoms with Gasteiger partial charge in [0.1, 0.15) is 11.9 Å². The molecule has 126 valence electrons. The van der Waals surface area contributed by atoms with Gasteiger partial charge in [0.2, 0.25) is 5.91 Å². The number of halogens is 1. The maximum atomic E-state index is 13.2. The highest BCUT2D eigenvalue weighted by molar-refractivity contribution is 5.85. The lowest BCUT2D eigenvalue weighted by atomic mass is 10.0. The van der Waals surface area contributed by atoms with Crippen molar-refractivity contribution in [2.45, 2.75) is 25.3 Å². The van der Waals surface area contributed by atoms with E-state index in [0.29, 0.717) is 18.4 Å². The molecule has 0 heterocycles. The zero-order valence-electron chi connectivity index (χ0n) is 13.5. The molecule has 5 heteroatoms. The molecule has 2 aromatic rings. The molecular weight excluding hydrogens is 309 g/mol. The van der Waals surface area contributed by atoms with Crippen molar-refractivity contribution in [3.8, 4) is 0 Å². The molecule has 0 unspecified atom stereocenters. The highest BCUT2D eigenvalue weighted by Gasteiger charge is 2.21. The van der Waals surface area contributed by atoms with Crippen LogP contribution in [0.1, 0.15) is 17.5 Å². The average molecular weight is 329 g/mol. The smallest absolute Gasteiger partial charge is 0.328 e. The molecule has 1 amide bonds. The van der Waals surface area contributed by atoms with E-state index in [0.717, 1.165) is 5.56 Å². The third-order valence-electron chi connectivity index (χ3n) is 3.64. The zero-order chi connectivity index (χ0) is 17.4. The van der Waals surface area contributed by atoms with Crippen molar-refractivity contribution in [2.75, 3.05) is 7.11 Å². The van der Waals surface area contributed by atoms with Gasteiger partial charge in [0.15, 0.2) is 0 Å². The highest BCUT2D eigenvalue weighted by Crippen LogP contribution is 2.08. The summed E-state index contributed by atoms with van der Waals surface area (Å²) >= 11 is 0. The van der Waals surface area contributed by atoms with Gasteiger partial charge in [-0.3, -0.25) is 4.79 Å². The van der Waals surface area contributed by atoms with Crippen LogP contribution in [0.25, 0.3) is 0 Å². The van der Waals surface area contributed by atoms with E-state index in [1.165, 1.54) is 19.2 Å². The van der Waals surface area contributed by atoms with Crippen LogP contribution < -0.4 is 5.32 Å². The van der Waals surface area contributed by atoms with E-state index in [9.17, 15) is 14.0 Å². The maximum absolute atomic E-state index is 13.2. The van der Waals surface area contributed by atoms with E-state index in [4.69, 9.17) is 4.74 Å². The predicted octanol–water partition coefficient (Wildman–Crippen LogP) is 2.66. The SMILES string of the molecule is COC(=O)[C@@H](CCc1ccccc1)NC(=O)Cc1cccc(F)c1. The highest BCUT2D eigenvalue weighted by atomic mass is 19.1. The van der Waals surface area contributed by atoms with Crippen LogP contribution in [0, 0.1) is 5.82 Å². The van der Waals surface area contributed by atoms with Gasteiger partial charge in [0, 0.05) is 0 Å². The largest absolute Gasteiger partial charge is 0.467 e. The number of carbonyl (C=O) groups is 2. The number of nitrogens with one attached hydrogen (secondary N) is 1. The standard InChI is InChI=1S/C19H20FNO3/c1-24-19(23)17(11-10-14-6-3-2-4-7-14)21-18(22)13-15-8-5-9-16(20)12-15/h2-9,12,17H,10-11,13H2,1H3,(H,21,22)/t17-/m1/s1. The number of amides is 1. The molecule has 0 saturated carbocycles. The van der Waals surface area contributed by atoms with Gasteiger partial charge in [-0.2, -0.15) is 0 Å². The first-order chi connectivity index (χ1) is 11.6. The van der Waals surface area contributed by atoms with Crippen LogP contribution in [0.3, 0.4) is 0 Å². The summed E-state index contributed by atoms with van der Waals surface area (Å²) in [6, 6.07) is 14.8. The third-order valence-corrected chi connectivity index (χ3v) is 3.64. The van der Waals surface area contributed by atoms with Crippen molar-refractivity contribution in [1.29, 1.82) is 0 Å². The summed E-state index contributed by atoms with van der Waals surface area (Å²) in [5.41, 5.74) is 1.63. The van der Waals surface area contributed by atoms with Crippen LogP contribution >= 0.6 is 0 Å². The number of rotatable bonds is 7. The molecule has 0 radical (unpaired) electrons.